The molecule has 0 bridgehead atoms. The number of hydrogen-bond acceptors (Lipinski definition) is 4. The molecule has 1 aliphatic carbocycles. The van der Waals surface area contributed by atoms with E-state index in [0.29, 0.717) is 6.04 Å². The minimum Gasteiger partial charge on any atom is -0.379 e. The number of ether oxygens (including phenoxy) is 1. The molecule has 0 spiro atoms. The Balaban J connectivity index is 1.85. The number of aromatic nitrogens is 1. The van der Waals surface area contributed by atoms with E-state index in [4.69, 9.17) is 9.72 Å². The van der Waals surface area contributed by atoms with E-state index in [2.05, 4.69) is 37.2 Å². The fraction of sp³-hybridized carbons (Fsp3) is 0.688. The zero-order chi connectivity index (χ0) is 14.1. The van der Waals surface area contributed by atoms with Gasteiger partial charge in [0.25, 0.3) is 0 Å². The molecule has 4 heteroatoms. The van der Waals surface area contributed by atoms with Crippen molar-refractivity contribution in [3.05, 3.63) is 22.9 Å². The average Bonchev–Trinajstić information content (AvgIpc) is 3.08. The van der Waals surface area contributed by atoms with Gasteiger partial charge in [-0.05, 0) is 44.7 Å². The molecule has 1 saturated carbocycles. The van der Waals surface area contributed by atoms with Crippen LogP contribution in [0.2, 0.25) is 0 Å². The lowest BCUT2D eigenvalue weighted by Gasteiger charge is -2.28. The third-order valence-electron chi connectivity index (χ3n) is 4.39. The molecular weight excluding hydrogens is 250 g/mol. The zero-order valence-electron chi connectivity index (χ0n) is 12.8. The van der Waals surface area contributed by atoms with Gasteiger partial charge in [-0.3, -0.25) is 0 Å². The topological polar surface area (TPSA) is 37.4 Å². The van der Waals surface area contributed by atoms with Crippen LogP contribution in [0.1, 0.15) is 36.1 Å². The lowest BCUT2D eigenvalue weighted by atomic mass is 10.1. The first-order valence-corrected chi connectivity index (χ1v) is 7.66. The van der Waals surface area contributed by atoms with Crippen LogP contribution in [0.4, 0.5) is 5.82 Å². The van der Waals surface area contributed by atoms with E-state index in [-0.39, 0.29) is 0 Å². The van der Waals surface area contributed by atoms with Crippen molar-refractivity contribution in [2.24, 2.45) is 0 Å². The molecule has 1 aromatic heterocycles. The number of likely N-dealkylation sites (N-methyl/N-ethyl adjacent to an activating group) is 1. The number of anilines is 1. The largest absolute Gasteiger partial charge is 0.379 e. The molecule has 3 rings (SSSR count). The van der Waals surface area contributed by atoms with Crippen molar-refractivity contribution in [3.8, 4) is 0 Å². The fourth-order valence-electron chi connectivity index (χ4n) is 2.89. The monoisotopic (exact) mass is 275 g/mol. The molecule has 2 fully saturated rings. The van der Waals surface area contributed by atoms with Crippen LogP contribution in [-0.2, 0) is 11.3 Å². The maximum atomic E-state index is 5.52. The van der Waals surface area contributed by atoms with Gasteiger partial charge in [-0.2, -0.15) is 0 Å². The summed E-state index contributed by atoms with van der Waals surface area (Å²) in [6.07, 6.45) is 3.74. The number of rotatable bonds is 5. The predicted octanol–water partition coefficient (Wildman–Crippen LogP) is 2.18. The van der Waals surface area contributed by atoms with Crippen molar-refractivity contribution < 1.29 is 4.74 Å². The molecule has 1 aromatic rings. The maximum Gasteiger partial charge on any atom is 0.133 e. The summed E-state index contributed by atoms with van der Waals surface area (Å²) in [7, 11) is 2.15. The summed E-state index contributed by atoms with van der Waals surface area (Å²) in [6, 6.07) is 3.37. The lowest BCUT2D eigenvalue weighted by molar-refractivity contribution is 0.193. The third kappa shape index (κ3) is 2.96. The fourth-order valence-corrected chi connectivity index (χ4v) is 2.89. The first-order valence-electron chi connectivity index (χ1n) is 7.66. The smallest absolute Gasteiger partial charge is 0.133 e. The van der Waals surface area contributed by atoms with Crippen LogP contribution in [0.3, 0.4) is 0 Å². The number of hydrogen-bond donors (Lipinski definition) is 1. The number of aryl methyl sites for hydroxylation is 2. The van der Waals surface area contributed by atoms with Crippen LogP contribution < -0.4 is 10.2 Å². The molecule has 1 unspecified atom stereocenters. The maximum absolute atomic E-state index is 5.52. The zero-order valence-corrected chi connectivity index (χ0v) is 12.8. The van der Waals surface area contributed by atoms with Crippen molar-refractivity contribution >= 4 is 5.82 Å². The minimum absolute atomic E-state index is 0.461. The SMILES string of the molecule is Cc1cc(C)c(CNC2CC2)c(N(C)C2CCOC2)n1. The van der Waals surface area contributed by atoms with E-state index in [1.165, 1.54) is 24.0 Å². The van der Waals surface area contributed by atoms with E-state index < -0.39 is 0 Å². The first-order chi connectivity index (χ1) is 9.65. The highest BCUT2D eigenvalue weighted by Gasteiger charge is 2.25. The van der Waals surface area contributed by atoms with Gasteiger partial charge in [0.1, 0.15) is 5.82 Å². The summed E-state index contributed by atoms with van der Waals surface area (Å²) in [5.74, 6) is 1.13. The molecule has 2 heterocycles. The van der Waals surface area contributed by atoms with Gasteiger partial charge in [-0.15, -0.1) is 0 Å². The van der Waals surface area contributed by atoms with Crippen molar-refractivity contribution in [2.45, 2.75) is 51.7 Å². The van der Waals surface area contributed by atoms with Crippen LogP contribution >= 0.6 is 0 Å². The highest BCUT2D eigenvalue weighted by atomic mass is 16.5. The molecule has 4 nitrogen and oxygen atoms in total. The quantitative estimate of drug-likeness (QED) is 0.893. The molecule has 110 valence electrons. The van der Waals surface area contributed by atoms with Gasteiger partial charge in [-0.1, -0.05) is 0 Å². The molecule has 1 N–H and O–H groups in total. The van der Waals surface area contributed by atoms with Crippen LogP contribution in [0, 0.1) is 13.8 Å². The summed E-state index contributed by atoms with van der Waals surface area (Å²) in [5.41, 5.74) is 3.78. The molecule has 2 aliphatic rings. The highest BCUT2D eigenvalue weighted by Crippen LogP contribution is 2.27. The second kappa shape index (κ2) is 5.70. The Morgan fingerprint density at radius 1 is 1.35 bits per heavy atom. The summed E-state index contributed by atoms with van der Waals surface area (Å²) in [5, 5.41) is 3.62. The molecule has 1 saturated heterocycles. The van der Waals surface area contributed by atoms with Crippen molar-refractivity contribution in [3.63, 3.8) is 0 Å². The molecule has 1 atom stereocenters. The normalized spacial score (nSPS) is 22.2. The average molecular weight is 275 g/mol. The van der Waals surface area contributed by atoms with Gasteiger partial charge in [0.2, 0.25) is 0 Å². The van der Waals surface area contributed by atoms with Gasteiger partial charge < -0.3 is 15.0 Å². The summed E-state index contributed by atoms with van der Waals surface area (Å²) in [6.45, 7) is 6.89. The number of nitrogens with zero attached hydrogens (tertiary/aromatic N) is 2. The summed E-state index contributed by atoms with van der Waals surface area (Å²) in [4.78, 5) is 7.12. The Morgan fingerprint density at radius 3 is 2.80 bits per heavy atom. The molecule has 1 aliphatic heterocycles. The molecule has 0 aromatic carbocycles. The van der Waals surface area contributed by atoms with Gasteiger partial charge in [0.15, 0.2) is 0 Å². The van der Waals surface area contributed by atoms with Gasteiger partial charge >= 0.3 is 0 Å². The third-order valence-corrected chi connectivity index (χ3v) is 4.39. The van der Waals surface area contributed by atoms with E-state index in [0.717, 1.165) is 43.7 Å². The molecule has 0 radical (unpaired) electrons. The Morgan fingerprint density at radius 2 is 2.15 bits per heavy atom. The Bertz CT molecular complexity index is 479. The number of pyridine rings is 1. The van der Waals surface area contributed by atoms with E-state index in [9.17, 15) is 0 Å². The lowest BCUT2D eigenvalue weighted by Crippen LogP contribution is -2.34. The van der Waals surface area contributed by atoms with E-state index in [1.807, 2.05) is 0 Å². The van der Waals surface area contributed by atoms with E-state index >= 15 is 0 Å². The summed E-state index contributed by atoms with van der Waals surface area (Å²) >= 11 is 0. The Hall–Kier alpha value is -1.13. The minimum atomic E-state index is 0.461. The molecular formula is C16H25N3O. The highest BCUT2D eigenvalue weighted by molar-refractivity contribution is 5.52. The predicted molar refractivity (Wildman–Crippen MR) is 81.2 cm³/mol. The Labute approximate surface area is 121 Å². The first kappa shape index (κ1) is 13.8. The second-order valence-electron chi connectivity index (χ2n) is 6.17. The van der Waals surface area contributed by atoms with Crippen molar-refractivity contribution in [1.29, 1.82) is 0 Å². The van der Waals surface area contributed by atoms with E-state index in [1.54, 1.807) is 0 Å². The second-order valence-corrected chi connectivity index (χ2v) is 6.17. The summed E-state index contributed by atoms with van der Waals surface area (Å²) < 4.78 is 5.52. The van der Waals surface area contributed by atoms with Crippen LogP contribution in [-0.4, -0.2) is 37.3 Å². The van der Waals surface area contributed by atoms with Gasteiger partial charge in [-0.25, -0.2) is 4.98 Å². The van der Waals surface area contributed by atoms with Crippen LogP contribution in [0.25, 0.3) is 0 Å². The number of nitrogens with one attached hydrogen (secondary N) is 1. The van der Waals surface area contributed by atoms with Gasteiger partial charge in [0.05, 0.1) is 12.6 Å². The van der Waals surface area contributed by atoms with Crippen LogP contribution in [0.5, 0.6) is 0 Å². The molecule has 0 amide bonds. The van der Waals surface area contributed by atoms with Crippen LogP contribution in [0.15, 0.2) is 6.07 Å². The molecule has 20 heavy (non-hydrogen) atoms. The van der Waals surface area contributed by atoms with Crippen molar-refractivity contribution in [2.75, 3.05) is 25.2 Å². The standard InChI is InChI=1S/C16H25N3O/c1-11-8-12(2)18-16(15(11)9-17-13-4-5-13)19(3)14-6-7-20-10-14/h8,13-14,17H,4-7,9-10H2,1-3H3. The van der Waals surface area contributed by atoms with Crippen molar-refractivity contribution in [1.82, 2.24) is 10.3 Å². The Kier molecular flexibility index (Phi) is 3.94. The van der Waals surface area contributed by atoms with Gasteiger partial charge in [0, 0.05) is 37.5 Å².